The van der Waals surface area contributed by atoms with Crippen LogP contribution in [-0.4, -0.2) is 92.9 Å². The molecule has 0 aliphatic rings. The van der Waals surface area contributed by atoms with Crippen molar-refractivity contribution in [2.45, 2.75) is 13.0 Å². The Labute approximate surface area is 245 Å². The Morgan fingerprint density at radius 3 is 2.36 bits per heavy atom. The summed E-state index contributed by atoms with van der Waals surface area (Å²) in [6.45, 7) is 3.45. The number of hydrogen-bond donors (Lipinski definition) is 6. The largest absolute Gasteiger partial charge is 0.493 e. The molecule has 0 atom stereocenters. The molecule has 3 rings (SSSR count). The number of aromatic nitrogens is 3. The number of anilines is 4. The predicted octanol–water partition coefficient (Wildman–Crippen LogP) is 1.76. The van der Waals surface area contributed by atoms with Gasteiger partial charge in [0, 0.05) is 49.6 Å². The van der Waals surface area contributed by atoms with E-state index in [1.807, 2.05) is 18.2 Å². The zero-order chi connectivity index (χ0) is 30.0. The highest BCUT2D eigenvalue weighted by Crippen LogP contribution is 2.31. The van der Waals surface area contributed by atoms with Crippen molar-refractivity contribution in [2.24, 2.45) is 5.73 Å². The highest BCUT2D eigenvalue weighted by Gasteiger charge is 2.12. The number of hydrogen-bond acceptors (Lipinski definition) is 13. The SMILES string of the molecule is COc1cccc(CNc2nc(NCCCO)nc(Nc3cccc(C(=O)NCCOCCOCCN)c3)n2)c1OC. The topological polar surface area (TPSA) is 187 Å². The van der Waals surface area contributed by atoms with E-state index >= 15 is 0 Å². The molecule has 0 saturated heterocycles. The minimum atomic E-state index is -0.238. The van der Waals surface area contributed by atoms with Crippen LogP contribution in [0.25, 0.3) is 0 Å². The van der Waals surface area contributed by atoms with Crippen LogP contribution in [0.4, 0.5) is 23.5 Å². The quantitative estimate of drug-likeness (QED) is 0.106. The standard InChI is InChI=1S/C28H40N8O6/c1-39-23-9-4-7-21(24(23)40-2)19-32-27-34-26(31-11-5-13-37)35-28(36-27)33-22-8-3-6-20(18-22)25(38)30-12-15-42-17-16-41-14-10-29/h3-4,6-9,18,37H,5,10-17,19,29H2,1-2H3,(H,30,38)(H3,31,32,33,34,35,36). The fourth-order valence-electron chi connectivity index (χ4n) is 3.75. The van der Waals surface area contributed by atoms with Crippen molar-refractivity contribution in [3.63, 3.8) is 0 Å². The van der Waals surface area contributed by atoms with Crippen molar-refractivity contribution >= 4 is 29.4 Å². The number of nitrogens with one attached hydrogen (secondary N) is 4. The third-order valence-electron chi connectivity index (χ3n) is 5.72. The lowest BCUT2D eigenvalue weighted by molar-refractivity contribution is 0.0511. The van der Waals surface area contributed by atoms with Gasteiger partial charge in [-0.05, 0) is 30.7 Å². The lowest BCUT2D eigenvalue weighted by atomic mass is 10.2. The first kappa shape index (κ1) is 32.3. The van der Waals surface area contributed by atoms with Crippen molar-refractivity contribution < 1.29 is 28.8 Å². The summed E-state index contributed by atoms with van der Waals surface area (Å²) in [6.07, 6.45) is 0.530. The third kappa shape index (κ3) is 10.6. The number of amides is 1. The van der Waals surface area contributed by atoms with E-state index in [-0.39, 0.29) is 18.5 Å². The van der Waals surface area contributed by atoms with Gasteiger partial charge in [-0.3, -0.25) is 4.79 Å². The maximum Gasteiger partial charge on any atom is 0.251 e. The van der Waals surface area contributed by atoms with Gasteiger partial charge < -0.3 is 51.1 Å². The summed E-state index contributed by atoms with van der Waals surface area (Å²) in [6, 6.07) is 12.6. The van der Waals surface area contributed by atoms with Gasteiger partial charge in [0.15, 0.2) is 11.5 Å². The van der Waals surface area contributed by atoms with Gasteiger partial charge in [0.1, 0.15) is 0 Å². The van der Waals surface area contributed by atoms with E-state index in [4.69, 9.17) is 29.8 Å². The van der Waals surface area contributed by atoms with E-state index in [0.717, 1.165) is 5.56 Å². The molecule has 14 nitrogen and oxygen atoms in total. The molecule has 3 aromatic rings. The van der Waals surface area contributed by atoms with Crippen LogP contribution in [-0.2, 0) is 16.0 Å². The summed E-state index contributed by atoms with van der Waals surface area (Å²) in [5.41, 5.74) is 7.30. The van der Waals surface area contributed by atoms with Gasteiger partial charge in [-0.1, -0.05) is 18.2 Å². The molecule has 0 aliphatic heterocycles. The Bertz CT molecular complexity index is 1250. The molecule has 228 valence electrons. The van der Waals surface area contributed by atoms with Crippen molar-refractivity contribution in [1.82, 2.24) is 20.3 Å². The molecule has 42 heavy (non-hydrogen) atoms. The van der Waals surface area contributed by atoms with Crippen molar-refractivity contribution in [3.05, 3.63) is 53.6 Å². The van der Waals surface area contributed by atoms with Gasteiger partial charge in [0.05, 0.1) is 40.6 Å². The molecule has 0 aliphatic carbocycles. The Morgan fingerprint density at radius 1 is 0.881 bits per heavy atom. The number of nitrogens with zero attached hydrogens (tertiary/aromatic N) is 3. The number of methoxy groups -OCH3 is 2. The number of aliphatic hydroxyl groups is 1. The number of carbonyl (C=O) groups is 1. The number of nitrogens with two attached hydrogens (primary N) is 1. The van der Waals surface area contributed by atoms with Crippen molar-refractivity contribution in [3.8, 4) is 11.5 Å². The first-order chi connectivity index (χ1) is 20.6. The van der Waals surface area contributed by atoms with Crippen LogP contribution in [0.15, 0.2) is 42.5 Å². The molecule has 0 spiro atoms. The van der Waals surface area contributed by atoms with E-state index in [1.165, 1.54) is 0 Å². The van der Waals surface area contributed by atoms with Crippen LogP contribution in [0.5, 0.6) is 11.5 Å². The zero-order valence-electron chi connectivity index (χ0n) is 24.0. The Balaban J connectivity index is 1.65. The molecule has 1 aromatic heterocycles. The summed E-state index contributed by atoms with van der Waals surface area (Å²) in [4.78, 5) is 26.1. The predicted molar refractivity (Wildman–Crippen MR) is 160 cm³/mol. The summed E-state index contributed by atoms with van der Waals surface area (Å²) in [5, 5.41) is 21.4. The molecule has 14 heteroatoms. The lowest BCUT2D eigenvalue weighted by Gasteiger charge is -2.14. The van der Waals surface area contributed by atoms with E-state index < -0.39 is 0 Å². The average Bonchev–Trinajstić information content (AvgIpc) is 3.01. The number of carbonyl (C=O) groups excluding carboxylic acids is 1. The molecule has 0 saturated carbocycles. The van der Waals surface area contributed by atoms with Gasteiger partial charge in [-0.25, -0.2) is 0 Å². The molecule has 7 N–H and O–H groups in total. The fourth-order valence-corrected chi connectivity index (χ4v) is 3.75. The fraction of sp³-hybridized carbons (Fsp3) is 0.429. The molecular formula is C28H40N8O6. The molecule has 2 aromatic carbocycles. The monoisotopic (exact) mass is 584 g/mol. The molecule has 0 fully saturated rings. The van der Waals surface area contributed by atoms with Crippen LogP contribution < -0.4 is 36.5 Å². The highest BCUT2D eigenvalue weighted by molar-refractivity contribution is 5.95. The van der Waals surface area contributed by atoms with E-state index in [1.54, 1.807) is 38.5 Å². The van der Waals surface area contributed by atoms with Crippen LogP contribution in [0, 0.1) is 0 Å². The van der Waals surface area contributed by atoms with Crippen LogP contribution in [0.1, 0.15) is 22.3 Å². The van der Waals surface area contributed by atoms with Crippen LogP contribution in [0.2, 0.25) is 0 Å². The van der Waals surface area contributed by atoms with Crippen LogP contribution >= 0.6 is 0 Å². The lowest BCUT2D eigenvalue weighted by Crippen LogP contribution is -2.27. The molecular weight excluding hydrogens is 544 g/mol. The normalized spacial score (nSPS) is 10.7. The maximum absolute atomic E-state index is 12.7. The summed E-state index contributed by atoms with van der Waals surface area (Å²) in [7, 11) is 3.17. The number of benzene rings is 2. The van der Waals surface area contributed by atoms with Crippen molar-refractivity contribution in [1.29, 1.82) is 0 Å². The summed E-state index contributed by atoms with van der Waals surface area (Å²) in [5.74, 6) is 1.89. The zero-order valence-corrected chi connectivity index (χ0v) is 24.0. The van der Waals surface area contributed by atoms with E-state index in [2.05, 4.69) is 36.2 Å². The molecule has 0 radical (unpaired) electrons. The summed E-state index contributed by atoms with van der Waals surface area (Å²) >= 11 is 0. The van der Waals surface area contributed by atoms with Crippen LogP contribution in [0.3, 0.4) is 0 Å². The van der Waals surface area contributed by atoms with Crippen molar-refractivity contribution in [2.75, 3.05) is 82.8 Å². The van der Waals surface area contributed by atoms with Gasteiger partial charge >= 0.3 is 0 Å². The first-order valence-electron chi connectivity index (χ1n) is 13.6. The smallest absolute Gasteiger partial charge is 0.251 e. The van der Waals surface area contributed by atoms with Gasteiger partial charge in [0.25, 0.3) is 5.91 Å². The second kappa shape index (κ2) is 18.2. The van der Waals surface area contributed by atoms with E-state index in [9.17, 15) is 4.79 Å². The number of ether oxygens (including phenoxy) is 4. The number of aliphatic hydroxyl groups excluding tert-OH is 1. The molecule has 1 amide bonds. The second-order valence-corrected chi connectivity index (χ2v) is 8.79. The summed E-state index contributed by atoms with van der Waals surface area (Å²) < 4.78 is 21.6. The Hall–Kier alpha value is -4.24. The molecule has 0 bridgehead atoms. The van der Waals surface area contributed by atoms with Gasteiger partial charge in [-0.2, -0.15) is 15.0 Å². The second-order valence-electron chi connectivity index (χ2n) is 8.79. The maximum atomic E-state index is 12.7. The molecule has 1 heterocycles. The highest BCUT2D eigenvalue weighted by atomic mass is 16.5. The molecule has 0 unspecified atom stereocenters. The first-order valence-corrected chi connectivity index (χ1v) is 13.6. The van der Waals surface area contributed by atoms with Gasteiger partial charge in [-0.15, -0.1) is 0 Å². The minimum absolute atomic E-state index is 0.0358. The number of para-hydroxylation sites is 1. The van der Waals surface area contributed by atoms with Gasteiger partial charge in [0.2, 0.25) is 17.8 Å². The minimum Gasteiger partial charge on any atom is -0.493 e. The average molecular weight is 585 g/mol. The Kier molecular flexibility index (Phi) is 14.0. The number of rotatable bonds is 20. The third-order valence-corrected chi connectivity index (χ3v) is 5.72. The Morgan fingerprint density at radius 2 is 1.62 bits per heavy atom. The van der Waals surface area contributed by atoms with E-state index in [0.29, 0.717) is 93.7 Å².